The van der Waals surface area contributed by atoms with Crippen molar-refractivity contribution in [3.05, 3.63) is 42.6 Å². The van der Waals surface area contributed by atoms with Gasteiger partial charge >= 0.3 is 0 Å². The standard InChI is InChI=1S/C16H16FN5O/c17-11-3-1-4-12(7-11)22-16-14(9-21-22)15(19-10-20-16)18-8-13-5-2-6-23-13/h1,3-4,7,9-10,13H,2,5-6,8H2,(H,18,19,20). The van der Waals surface area contributed by atoms with E-state index >= 15 is 0 Å². The van der Waals surface area contributed by atoms with Gasteiger partial charge in [0.1, 0.15) is 18.0 Å². The van der Waals surface area contributed by atoms with Crippen LogP contribution in [0.4, 0.5) is 10.2 Å². The summed E-state index contributed by atoms with van der Waals surface area (Å²) in [6, 6.07) is 6.26. The first-order chi connectivity index (χ1) is 11.3. The predicted molar refractivity (Wildman–Crippen MR) is 84.1 cm³/mol. The molecule has 1 saturated heterocycles. The molecule has 4 rings (SSSR count). The summed E-state index contributed by atoms with van der Waals surface area (Å²) in [5, 5.41) is 8.43. The molecular formula is C16H16FN5O. The SMILES string of the molecule is Fc1cccc(-n2ncc3c(NCC4CCCO4)ncnc32)c1. The molecule has 1 aromatic carbocycles. The highest BCUT2D eigenvalue weighted by Crippen LogP contribution is 2.22. The third-order valence-corrected chi connectivity index (χ3v) is 3.94. The first-order valence-corrected chi connectivity index (χ1v) is 7.61. The maximum absolute atomic E-state index is 13.4. The summed E-state index contributed by atoms with van der Waals surface area (Å²) in [5.41, 5.74) is 1.27. The van der Waals surface area contributed by atoms with E-state index in [2.05, 4.69) is 20.4 Å². The molecule has 3 heterocycles. The van der Waals surface area contributed by atoms with Crippen LogP contribution in [0.1, 0.15) is 12.8 Å². The van der Waals surface area contributed by atoms with Gasteiger partial charge in [0.15, 0.2) is 5.65 Å². The lowest BCUT2D eigenvalue weighted by atomic mass is 10.2. The van der Waals surface area contributed by atoms with Gasteiger partial charge in [0, 0.05) is 13.2 Å². The molecule has 1 atom stereocenters. The molecule has 0 amide bonds. The summed E-state index contributed by atoms with van der Waals surface area (Å²) < 4.78 is 20.6. The number of rotatable bonds is 4. The van der Waals surface area contributed by atoms with Crippen molar-refractivity contribution in [1.82, 2.24) is 19.7 Å². The third-order valence-electron chi connectivity index (χ3n) is 3.94. The number of hydrogen-bond donors (Lipinski definition) is 1. The number of anilines is 1. The van der Waals surface area contributed by atoms with Crippen molar-refractivity contribution < 1.29 is 9.13 Å². The Morgan fingerprint density at radius 1 is 1.35 bits per heavy atom. The van der Waals surface area contributed by atoms with E-state index in [-0.39, 0.29) is 11.9 Å². The second kappa shape index (κ2) is 5.92. The fraction of sp³-hybridized carbons (Fsp3) is 0.312. The second-order valence-corrected chi connectivity index (χ2v) is 5.51. The zero-order valence-electron chi connectivity index (χ0n) is 12.4. The Morgan fingerprint density at radius 3 is 3.13 bits per heavy atom. The second-order valence-electron chi connectivity index (χ2n) is 5.51. The Morgan fingerprint density at radius 2 is 2.30 bits per heavy atom. The molecule has 3 aromatic rings. The van der Waals surface area contributed by atoms with Crippen LogP contribution in [0.3, 0.4) is 0 Å². The normalized spacial score (nSPS) is 17.7. The summed E-state index contributed by atoms with van der Waals surface area (Å²) in [6.45, 7) is 1.53. The highest BCUT2D eigenvalue weighted by atomic mass is 19.1. The first-order valence-electron chi connectivity index (χ1n) is 7.61. The number of nitrogens with one attached hydrogen (secondary N) is 1. The monoisotopic (exact) mass is 313 g/mol. The molecule has 1 aliphatic heterocycles. The Bertz CT molecular complexity index is 828. The smallest absolute Gasteiger partial charge is 0.168 e. The van der Waals surface area contributed by atoms with E-state index in [0.29, 0.717) is 23.7 Å². The number of halogens is 1. The lowest BCUT2D eigenvalue weighted by Crippen LogP contribution is -2.19. The van der Waals surface area contributed by atoms with Crippen LogP contribution in [-0.2, 0) is 4.74 Å². The van der Waals surface area contributed by atoms with Gasteiger partial charge < -0.3 is 10.1 Å². The van der Waals surface area contributed by atoms with Crippen molar-refractivity contribution in [1.29, 1.82) is 0 Å². The highest BCUT2D eigenvalue weighted by Gasteiger charge is 2.17. The fourth-order valence-corrected chi connectivity index (χ4v) is 2.80. The zero-order valence-corrected chi connectivity index (χ0v) is 12.4. The van der Waals surface area contributed by atoms with Crippen molar-refractivity contribution in [3.8, 4) is 5.69 Å². The maximum Gasteiger partial charge on any atom is 0.168 e. The Labute approximate surface area is 132 Å². The molecule has 1 N–H and O–H groups in total. The molecule has 2 aromatic heterocycles. The molecule has 0 bridgehead atoms. The van der Waals surface area contributed by atoms with E-state index in [4.69, 9.17) is 4.74 Å². The van der Waals surface area contributed by atoms with Gasteiger partial charge in [-0.2, -0.15) is 5.10 Å². The summed E-state index contributed by atoms with van der Waals surface area (Å²) in [7, 11) is 0. The number of hydrogen-bond acceptors (Lipinski definition) is 5. The highest BCUT2D eigenvalue weighted by molar-refractivity contribution is 5.87. The van der Waals surface area contributed by atoms with E-state index in [0.717, 1.165) is 24.8 Å². The van der Waals surface area contributed by atoms with Gasteiger partial charge in [-0.1, -0.05) is 6.07 Å². The van der Waals surface area contributed by atoms with Gasteiger partial charge in [0.05, 0.1) is 23.4 Å². The maximum atomic E-state index is 13.4. The number of benzene rings is 1. The summed E-state index contributed by atoms with van der Waals surface area (Å²) in [5.74, 6) is 0.407. The molecule has 7 heteroatoms. The van der Waals surface area contributed by atoms with Crippen molar-refractivity contribution in [2.45, 2.75) is 18.9 Å². The largest absolute Gasteiger partial charge is 0.376 e. The van der Waals surface area contributed by atoms with Gasteiger partial charge in [-0.15, -0.1) is 0 Å². The van der Waals surface area contributed by atoms with Crippen molar-refractivity contribution in [2.75, 3.05) is 18.5 Å². The van der Waals surface area contributed by atoms with Gasteiger partial charge in [-0.3, -0.25) is 0 Å². The summed E-state index contributed by atoms with van der Waals surface area (Å²) in [4.78, 5) is 8.57. The molecule has 0 spiro atoms. The number of ether oxygens (including phenoxy) is 1. The minimum absolute atomic E-state index is 0.221. The average Bonchev–Trinajstić information content (AvgIpc) is 3.22. The Kier molecular flexibility index (Phi) is 3.63. The van der Waals surface area contributed by atoms with E-state index in [1.54, 1.807) is 23.0 Å². The molecule has 118 valence electrons. The molecule has 6 nitrogen and oxygen atoms in total. The topological polar surface area (TPSA) is 64.9 Å². The van der Waals surface area contributed by atoms with E-state index in [1.165, 1.54) is 18.5 Å². The number of aromatic nitrogens is 4. The minimum atomic E-state index is -0.308. The first kappa shape index (κ1) is 14.1. The number of nitrogens with zero attached hydrogens (tertiary/aromatic N) is 4. The van der Waals surface area contributed by atoms with Crippen molar-refractivity contribution >= 4 is 16.9 Å². The predicted octanol–water partition coefficient (Wildman–Crippen LogP) is 2.55. The average molecular weight is 313 g/mol. The van der Waals surface area contributed by atoms with Crippen LogP contribution >= 0.6 is 0 Å². The van der Waals surface area contributed by atoms with Crippen LogP contribution in [0.5, 0.6) is 0 Å². The van der Waals surface area contributed by atoms with Gasteiger partial charge in [-0.25, -0.2) is 19.0 Å². The van der Waals surface area contributed by atoms with E-state index in [9.17, 15) is 4.39 Å². The minimum Gasteiger partial charge on any atom is -0.376 e. The van der Waals surface area contributed by atoms with Crippen molar-refractivity contribution in [3.63, 3.8) is 0 Å². The van der Waals surface area contributed by atoms with Gasteiger partial charge in [-0.05, 0) is 31.0 Å². The molecule has 23 heavy (non-hydrogen) atoms. The van der Waals surface area contributed by atoms with Crippen molar-refractivity contribution in [2.24, 2.45) is 0 Å². The quantitative estimate of drug-likeness (QED) is 0.802. The third kappa shape index (κ3) is 2.75. The molecule has 1 aliphatic rings. The molecule has 1 unspecified atom stereocenters. The van der Waals surface area contributed by atoms with Crippen LogP contribution in [0, 0.1) is 5.82 Å². The summed E-state index contributed by atoms with van der Waals surface area (Å²) in [6.07, 6.45) is 5.56. The molecule has 0 aliphatic carbocycles. The van der Waals surface area contributed by atoms with Gasteiger partial charge in [0.25, 0.3) is 0 Å². The van der Waals surface area contributed by atoms with Crippen LogP contribution < -0.4 is 5.32 Å². The molecule has 0 radical (unpaired) electrons. The number of fused-ring (bicyclic) bond motifs is 1. The summed E-state index contributed by atoms with van der Waals surface area (Å²) >= 11 is 0. The molecule has 1 fully saturated rings. The van der Waals surface area contributed by atoms with E-state index < -0.39 is 0 Å². The van der Waals surface area contributed by atoms with Crippen LogP contribution in [0.25, 0.3) is 16.7 Å². The van der Waals surface area contributed by atoms with E-state index in [1.807, 2.05) is 0 Å². The molecule has 0 saturated carbocycles. The zero-order chi connectivity index (χ0) is 15.6. The van der Waals surface area contributed by atoms with Gasteiger partial charge in [0.2, 0.25) is 0 Å². The Hall–Kier alpha value is -2.54. The fourth-order valence-electron chi connectivity index (χ4n) is 2.80. The lowest BCUT2D eigenvalue weighted by Gasteiger charge is -2.11. The van der Waals surface area contributed by atoms with Crippen LogP contribution in [0.15, 0.2) is 36.8 Å². The van der Waals surface area contributed by atoms with Crippen LogP contribution in [0.2, 0.25) is 0 Å². The van der Waals surface area contributed by atoms with Crippen LogP contribution in [-0.4, -0.2) is 39.0 Å². The molecular weight excluding hydrogens is 297 g/mol. The Balaban J connectivity index is 1.66. The lowest BCUT2D eigenvalue weighted by molar-refractivity contribution is 0.120.